The van der Waals surface area contributed by atoms with Crippen molar-refractivity contribution in [2.45, 2.75) is 58.9 Å². The summed E-state index contributed by atoms with van der Waals surface area (Å²) in [7, 11) is 0. The highest BCUT2D eigenvalue weighted by Crippen LogP contribution is 2.13. The fourth-order valence-electron chi connectivity index (χ4n) is 1.43. The van der Waals surface area contributed by atoms with Crippen molar-refractivity contribution in [1.29, 1.82) is 0 Å². The molecule has 0 radical (unpaired) electrons. The van der Waals surface area contributed by atoms with Crippen molar-refractivity contribution < 1.29 is 0 Å². The van der Waals surface area contributed by atoms with E-state index >= 15 is 0 Å². The third-order valence-corrected chi connectivity index (χ3v) is 2.14. The van der Waals surface area contributed by atoms with Crippen molar-refractivity contribution in [3.8, 4) is 0 Å². The molecule has 1 unspecified atom stereocenters. The van der Waals surface area contributed by atoms with Gasteiger partial charge in [-0.25, -0.2) is 0 Å². The van der Waals surface area contributed by atoms with Crippen LogP contribution >= 0.6 is 0 Å². The summed E-state index contributed by atoms with van der Waals surface area (Å²) in [4.78, 5) is 0. The zero-order valence-electron chi connectivity index (χ0n) is 8.27. The van der Waals surface area contributed by atoms with Gasteiger partial charge in [-0.15, -0.1) is 0 Å². The zero-order chi connectivity index (χ0) is 8.69. The highest BCUT2D eigenvalue weighted by molar-refractivity contribution is 4.57. The molecule has 0 aromatic rings. The minimum absolute atomic E-state index is 0.392. The molecule has 0 aromatic heterocycles. The molecule has 0 fully saturated rings. The molecule has 2 atom stereocenters. The van der Waals surface area contributed by atoms with Crippen LogP contribution in [-0.2, 0) is 0 Å². The molecule has 0 amide bonds. The highest BCUT2D eigenvalue weighted by Gasteiger charge is 2.00. The van der Waals surface area contributed by atoms with Gasteiger partial charge in [0, 0.05) is 6.04 Å². The second kappa shape index (κ2) is 6.66. The Morgan fingerprint density at radius 3 is 2.18 bits per heavy atom. The van der Waals surface area contributed by atoms with Crippen LogP contribution in [-0.4, -0.2) is 6.04 Å². The molecule has 0 aliphatic heterocycles. The van der Waals surface area contributed by atoms with E-state index in [-0.39, 0.29) is 0 Å². The number of nitrogens with two attached hydrogens (primary N) is 1. The van der Waals surface area contributed by atoms with Gasteiger partial charge < -0.3 is 5.73 Å². The third kappa shape index (κ3) is 7.86. The van der Waals surface area contributed by atoms with Gasteiger partial charge in [0.25, 0.3) is 0 Å². The maximum Gasteiger partial charge on any atom is 0.00104 e. The van der Waals surface area contributed by atoms with Crippen LogP contribution in [0, 0.1) is 5.92 Å². The molecule has 1 nitrogen and oxygen atoms in total. The summed E-state index contributed by atoms with van der Waals surface area (Å²) < 4.78 is 0. The molecule has 11 heavy (non-hydrogen) atoms. The minimum atomic E-state index is 0.392. The summed E-state index contributed by atoms with van der Waals surface area (Å²) in [6.07, 6.45) is 6.54. The van der Waals surface area contributed by atoms with Gasteiger partial charge in [0.1, 0.15) is 0 Å². The Balaban J connectivity index is 3.10. The first-order valence-electron chi connectivity index (χ1n) is 4.92. The van der Waals surface area contributed by atoms with Gasteiger partial charge in [-0.2, -0.15) is 0 Å². The van der Waals surface area contributed by atoms with Gasteiger partial charge in [-0.1, -0.05) is 39.5 Å². The van der Waals surface area contributed by atoms with E-state index in [0.717, 1.165) is 5.92 Å². The Labute approximate surface area is 71.4 Å². The molecule has 0 aliphatic rings. The highest BCUT2D eigenvalue weighted by atomic mass is 14.6. The van der Waals surface area contributed by atoms with Crippen molar-refractivity contribution >= 4 is 0 Å². The second-order valence-electron chi connectivity index (χ2n) is 3.80. The standard InChI is InChI=1S/C10H23N/c1-4-6-9(2)7-5-8-10(3)11/h9-10H,4-8,11H2,1-3H3/t9?,10-/m1/s1. The van der Waals surface area contributed by atoms with Crippen molar-refractivity contribution in [3.63, 3.8) is 0 Å². The maximum absolute atomic E-state index is 5.65. The van der Waals surface area contributed by atoms with E-state index in [2.05, 4.69) is 20.8 Å². The lowest BCUT2D eigenvalue weighted by atomic mass is 9.98. The minimum Gasteiger partial charge on any atom is -0.328 e. The molecule has 0 aromatic carbocycles. The molecular weight excluding hydrogens is 134 g/mol. The zero-order valence-corrected chi connectivity index (χ0v) is 8.27. The quantitative estimate of drug-likeness (QED) is 0.630. The fourth-order valence-corrected chi connectivity index (χ4v) is 1.43. The van der Waals surface area contributed by atoms with Crippen LogP contribution in [0.1, 0.15) is 52.9 Å². The van der Waals surface area contributed by atoms with E-state index in [1.165, 1.54) is 32.1 Å². The lowest BCUT2D eigenvalue weighted by Gasteiger charge is -2.10. The average Bonchev–Trinajstić information content (AvgIpc) is 1.87. The Bertz CT molecular complexity index is 78.9. The molecular formula is C10H23N. The molecule has 0 spiro atoms. The largest absolute Gasteiger partial charge is 0.328 e. The molecule has 0 aliphatic carbocycles. The van der Waals surface area contributed by atoms with Crippen LogP contribution in [0.3, 0.4) is 0 Å². The van der Waals surface area contributed by atoms with Gasteiger partial charge in [-0.05, 0) is 19.3 Å². The van der Waals surface area contributed by atoms with Gasteiger partial charge in [0.2, 0.25) is 0 Å². The summed E-state index contributed by atoms with van der Waals surface area (Å²) in [6, 6.07) is 0.392. The fraction of sp³-hybridized carbons (Fsp3) is 1.00. The van der Waals surface area contributed by atoms with Crippen LogP contribution < -0.4 is 5.73 Å². The van der Waals surface area contributed by atoms with E-state index in [4.69, 9.17) is 5.73 Å². The van der Waals surface area contributed by atoms with Crippen LogP contribution in [0.25, 0.3) is 0 Å². The van der Waals surface area contributed by atoms with E-state index in [1.54, 1.807) is 0 Å². The lowest BCUT2D eigenvalue weighted by Crippen LogP contribution is -2.14. The van der Waals surface area contributed by atoms with Crippen molar-refractivity contribution in [3.05, 3.63) is 0 Å². The van der Waals surface area contributed by atoms with Crippen LogP contribution in [0.2, 0.25) is 0 Å². The lowest BCUT2D eigenvalue weighted by molar-refractivity contribution is 0.449. The van der Waals surface area contributed by atoms with Gasteiger partial charge >= 0.3 is 0 Å². The van der Waals surface area contributed by atoms with Crippen molar-refractivity contribution in [2.75, 3.05) is 0 Å². The monoisotopic (exact) mass is 157 g/mol. The van der Waals surface area contributed by atoms with E-state index < -0.39 is 0 Å². The summed E-state index contributed by atoms with van der Waals surface area (Å²) in [5.41, 5.74) is 5.65. The first-order valence-corrected chi connectivity index (χ1v) is 4.92. The van der Waals surface area contributed by atoms with Gasteiger partial charge in [-0.3, -0.25) is 0 Å². The summed E-state index contributed by atoms with van der Waals surface area (Å²) >= 11 is 0. The average molecular weight is 157 g/mol. The van der Waals surface area contributed by atoms with Crippen molar-refractivity contribution in [1.82, 2.24) is 0 Å². The Kier molecular flexibility index (Phi) is 6.63. The Morgan fingerprint density at radius 1 is 1.09 bits per heavy atom. The normalized spacial score (nSPS) is 16.4. The SMILES string of the molecule is CCCC(C)CCC[C@@H](C)N. The van der Waals surface area contributed by atoms with Crippen LogP contribution in [0.15, 0.2) is 0 Å². The maximum atomic E-state index is 5.65. The first kappa shape index (κ1) is 11.0. The predicted octanol–water partition coefficient (Wildman–Crippen LogP) is 2.94. The Morgan fingerprint density at radius 2 is 1.73 bits per heavy atom. The molecule has 0 saturated heterocycles. The molecule has 0 saturated carbocycles. The molecule has 0 heterocycles. The first-order chi connectivity index (χ1) is 5.16. The second-order valence-corrected chi connectivity index (χ2v) is 3.80. The number of hydrogen-bond acceptors (Lipinski definition) is 1. The van der Waals surface area contributed by atoms with E-state index in [0.29, 0.717) is 6.04 Å². The summed E-state index contributed by atoms with van der Waals surface area (Å²) in [5, 5.41) is 0. The number of rotatable bonds is 6. The van der Waals surface area contributed by atoms with Crippen LogP contribution in [0.4, 0.5) is 0 Å². The smallest absolute Gasteiger partial charge is 0.00104 e. The van der Waals surface area contributed by atoms with E-state index in [9.17, 15) is 0 Å². The van der Waals surface area contributed by atoms with Crippen LogP contribution in [0.5, 0.6) is 0 Å². The summed E-state index contributed by atoms with van der Waals surface area (Å²) in [5.74, 6) is 0.902. The van der Waals surface area contributed by atoms with Gasteiger partial charge in [0.15, 0.2) is 0 Å². The molecule has 0 rings (SSSR count). The number of hydrogen-bond donors (Lipinski definition) is 1. The molecule has 0 bridgehead atoms. The third-order valence-electron chi connectivity index (χ3n) is 2.14. The van der Waals surface area contributed by atoms with Gasteiger partial charge in [0.05, 0.1) is 0 Å². The topological polar surface area (TPSA) is 26.0 Å². The van der Waals surface area contributed by atoms with E-state index in [1.807, 2.05) is 0 Å². The molecule has 1 heteroatoms. The van der Waals surface area contributed by atoms with Crippen molar-refractivity contribution in [2.24, 2.45) is 11.7 Å². The predicted molar refractivity (Wildman–Crippen MR) is 51.6 cm³/mol. The summed E-state index contributed by atoms with van der Waals surface area (Å²) in [6.45, 7) is 6.68. The molecule has 2 N–H and O–H groups in total. The molecule has 68 valence electrons. The Hall–Kier alpha value is -0.0400.